The van der Waals surface area contributed by atoms with Crippen LogP contribution in [-0.4, -0.2) is 35.6 Å². The molecule has 0 spiro atoms. The van der Waals surface area contributed by atoms with Gasteiger partial charge in [0.05, 0.1) is 6.10 Å². The van der Waals surface area contributed by atoms with E-state index in [9.17, 15) is 15.0 Å². The van der Waals surface area contributed by atoms with Crippen LogP contribution >= 0.6 is 15.9 Å². The fourth-order valence-electron chi connectivity index (χ4n) is 4.31. The van der Waals surface area contributed by atoms with Gasteiger partial charge >= 0.3 is 6.09 Å². The van der Waals surface area contributed by atoms with Crippen molar-refractivity contribution in [3.63, 3.8) is 0 Å². The molecule has 4 rings (SSSR count). The topological polar surface area (TPSA) is 78.8 Å². The number of benzene rings is 3. The summed E-state index contributed by atoms with van der Waals surface area (Å²) in [7, 11) is 0. The van der Waals surface area contributed by atoms with E-state index in [1.54, 1.807) is 6.07 Å². The lowest BCUT2D eigenvalue weighted by molar-refractivity contribution is 0.0133. The number of hydrogen-bond donors (Lipinski definition) is 3. The van der Waals surface area contributed by atoms with Crippen molar-refractivity contribution in [3.05, 3.63) is 93.5 Å². The first-order valence-corrected chi connectivity index (χ1v) is 11.5. The van der Waals surface area contributed by atoms with Crippen molar-refractivity contribution in [2.24, 2.45) is 0 Å². The van der Waals surface area contributed by atoms with Crippen molar-refractivity contribution < 1.29 is 19.7 Å². The Kier molecular flexibility index (Phi) is 6.94. The van der Waals surface area contributed by atoms with Gasteiger partial charge in [-0.15, -0.1) is 0 Å². The second-order valence-corrected chi connectivity index (χ2v) is 8.97. The molecule has 1 aliphatic carbocycles. The van der Waals surface area contributed by atoms with E-state index in [1.165, 1.54) is 11.1 Å². The SMILES string of the molecule is Cc1cc(Br)ccc1C(O)C(O)CCNC(=O)OCC1c2ccccc2-c2ccccc21. The molecule has 1 amide bonds. The predicted molar refractivity (Wildman–Crippen MR) is 128 cm³/mol. The van der Waals surface area contributed by atoms with Crippen LogP contribution < -0.4 is 5.32 Å². The number of amides is 1. The van der Waals surface area contributed by atoms with E-state index in [4.69, 9.17) is 4.74 Å². The van der Waals surface area contributed by atoms with Gasteiger partial charge in [0.25, 0.3) is 0 Å². The summed E-state index contributed by atoms with van der Waals surface area (Å²) in [6, 6.07) is 21.9. The van der Waals surface area contributed by atoms with Crippen LogP contribution in [0.1, 0.15) is 40.7 Å². The van der Waals surface area contributed by atoms with Crippen molar-refractivity contribution in [2.75, 3.05) is 13.2 Å². The number of aryl methyl sites for hydroxylation is 1. The molecule has 0 bridgehead atoms. The summed E-state index contributed by atoms with van der Waals surface area (Å²) < 4.78 is 6.41. The average Bonchev–Trinajstić information content (AvgIpc) is 3.11. The zero-order valence-corrected chi connectivity index (χ0v) is 19.4. The molecule has 0 heterocycles. The average molecular weight is 496 g/mol. The number of carbonyl (C=O) groups is 1. The molecular formula is C26H26BrNO4. The third-order valence-corrected chi connectivity index (χ3v) is 6.46. The Morgan fingerprint density at radius 1 is 1.03 bits per heavy atom. The molecule has 2 atom stereocenters. The first kappa shape index (κ1) is 22.5. The lowest BCUT2D eigenvalue weighted by Crippen LogP contribution is -2.30. The van der Waals surface area contributed by atoms with Crippen LogP contribution in [0.5, 0.6) is 0 Å². The molecule has 166 valence electrons. The minimum Gasteiger partial charge on any atom is -0.449 e. The molecular weight excluding hydrogens is 470 g/mol. The van der Waals surface area contributed by atoms with Crippen LogP contribution in [0.2, 0.25) is 0 Å². The van der Waals surface area contributed by atoms with Crippen molar-refractivity contribution in [1.29, 1.82) is 0 Å². The summed E-state index contributed by atoms with van der Waals surface area (Å²) in [6.45, 7) is 2.32. The molecule has 2 unspecified atom stereocenters. The Morgan fingerprint density at radius 3 is 2.28 bits per heavy atom. The lowest BCUT2D eigenvalue weighted by Gasteiger charge is -2.20. The van der Waals surface area contributed by atoms with Gasteiger partial charge in [0, 0.05) is 16.9 Å². The van der Waals surface area contributed by atoms with E-state index >= 15 is 0 Å². The van der Waals surface area contributed by atoms with E-state index in [0.29, 0.717) is 5.56 Å². The Morgan fingerprint density at radius 2 is 1.66 bits per heavy atom. The summed E-state index contributed by atoms with van der Waals surface area (Å²) >= 11 is 3.39. The van der Waals surface area contributed by atoms with Gasteiger partial charge < -0.3 is 20.3 Å². The number of alkyl carbamates (subject to hydrolysis) is 1. The third kappa shape index (κ3) is 4.72. The molecule has 6 heteroatoms. The Balaban J connectivity index is 1.29. The van der Waals surface area contributed by atoms with Gasteiger partial charge in [0.15, 0.2) is 0 Å². The first-order valence-electron chi connectivity index (χ1n) is 10.7. The van der Waals surface area contributed by atoms with Gasteiger partial charge in [-0.1, -0.05) is 70.5 Å². The van der Waals surface area contributed by atoms with Crippen LogP contribution in [0, 0.1) is 6.92 Å². The smallest absolute Gasteiger partial charge is 0.407 e. The zero-order chi connectivity index (χ0) is 22.7. The molecule has 3 aromatic rings. The molecule has 1 aliphatic rings. The van der Waals surface area contributed by atoms with Crippen LogP contribution in [0.3, 0.4) is 0 Å². The Bertz CT molecular complexity index is 1070. The van der Waals surface area contributed by atoms with Gasteiger partial charge in [0.1, 0.15) is 12.7 Å². The van der Waals surface area contributed by atoms with Gasteiger partial charge in [-0.25, -0.2) is 4.79 Å². The van der Waals surface area contributed by atoms with Crippen molar-refractivity contribution >= 4 is 22.0 Å². The molecule has 0 radical (unpaired) electrons. The molecule has 0 saturated heterocycles. The molecule has 0 saturated carbocycles. The number of fused-ring (bicyclic) bond motifs is 3. The summed E-state index contributed by atoms with van der Waals surface area (Å²) in [5.41, 5.74) is 6.22. The van der Waals surface area contributed by atoms with E-state index in [1.807, 2.05) is 43.3 Å². The van der Waals surface area contributed by atoms with Crippen molar-refractivity contribution in [3.8, 4) is 11.1 Å². The quantitative estimate of drug-likeness (QED) is 0.426. The molecule has 0 aromatic heterocycles. The van der Waals surface area contributed by atoms with Crippen LogP contribution in [0.15, 0.2) is 71.2 Å². The third-order valence-electron chi connectivity index (χ3n) is 5.97. The molecule has 3 aromatic carbocycles. The van der Waals surface area contributed by atoms with Crippen LogP contribution in [0.4, 0.5) is 4.79 Å². The summed E-state index contributed by atoms with van der Waals surface area (Å²) in [5.74, 6) is 0.000873. The second-order valence-electron chi connectivity index (χ2n) is 8.05. The van der Waals surface area contributed by atoms with Crippen LogP contribution in [-0.2, 0) is 4.74 Å². The van der Waals surface area contributed by atoms with E-state index in [0.717, 1.165) is 21.2 Å². The number of carbonyl (C=O) groups excluding carboxylic acids is 1. The monoisotopic (exact) mass is 495 g/mol. The number of aliphatic hydroxyl groups excluding tert-OH is 2. The Labute approximate surface area is 196 Å². The fourth-order valence-corrected chi connectivity index (χ4v) is 4.78. The highest BCUT2D eigenvalue weighted by atomic mass is 79.9. The highest BCUT2D eigenvalue weighted by Gasteiger charge is 2.29. The van der Waals surface area contributed by atoms with E-state index in [2.05, 4.69) is 45.5 Å². The number of nitrogens with one attached hydrogen (secondary N) is 1. The standard InChI is InChI=1S/C26H26BrNO4/c1-16-14-17(27)10-11-18(16)25(30)24(29)12-13-28-26(31)32-15-23-21-8-4-2-6-19(21)20-7-3-5-9-22(20)23/h2-11,14,23-25,29-30H,12-13,15H2,1H3,(H,28,31). The summed E-state index contributed by atoms with van der Waals surface area (Å²) in [5, 5.41) is 23.5. The summed E-state index contributed by atoms with van der Waals surface area (Å²) in [6.07, 6.45) is -2.34. The molecule has 0 fully saturated rings. The highest BCUT2D eigenvalue weighted by molar-refractivity contribution is 9.10. The summed E-state index contributed by atoms with van der Waals surface area (Å²) in [4.78, 5) is 12.3. The van der Waals surface area contributed by atoms with Gasteiger partial charge in [0.2, 0.25) is 0 Å². The number of ether oxygens (including phenoxy) is 1. The number of halogens is 1. The predicted octanol–water partition coefficient (Wildman–Crippen LogP) is 5.08. The normalized spacial score (nSPS) is 14.4. The highest BCUT2D eigenvalue weighted by Crippen LogP contribution is 2.44. The maximum atomic E-state index is 12.3. The van der Waals surface area contributed by atoms with Crippen molar-refractivity contribution in [1.82, 2.24) is 5.32 Å². The zero-order valence-electron chi connectivity index (χ0n) is 17.8. The maximum Gasteiger partial charge on any atom is 0.407 e. The van der Waals surface area contributed by atoms with E-state index in [-0.39, 0.29) is 25.5 Å². The number of aliphatic hydroxyl groups is 2. The van der Waals surface area contributed by atoms with Gasteiger partial charge in [-0.3, -0.25) is 0 Å². The Hall–Kier alpha value is -2.67. The van der Waals surface area contributed by atoms with Gasteiger partial charge in [-0.05, 0) is 58.9 Å². The lowest BCUT2D eigenvalue weighted by atomic mass is 9.98. The number of hydrogen-bond acceptors (Lipinski definition) is 4. The van der Waals surface area contributed by atoms with Gasteiger partial charge in [-0.2, -0.15) is 0 Å². The maximum absolute atomic E-state index is 12.3. The van der Waals surface area contributed by atoms with Crippen molar-refractivity contribution in [2.45, 2.75) is 31.5 Å². The minimum atomic E-state index is -1.02. The number of rotatable bonds is 7. The molecule has 5 nitrogen and oxygen atoms in total. The molecule has 32 heavy (non-hydrogen) atoms. The fraction of sp³-hybridized carbons (Fsp3) is 0.269. The van der Waals surface area contributed by atoms with Crippen LogP contribution in [0.25, 0.3) is 11.1 Å². The molecule has 3 N–H and O–H groups in total. The second kappa shape index (κ2) is 9.86. The molecule has 0 aliphatic heterocycles. The van der Waals surface area contributed by atoms with E-state index < -0.39 is 18.3 Å². The first-order chi connectivity index (χ1) is 15.5. The largest absolute Gasteiger partial charge is 0.449 e. The minimum absolute atomic E-state index is 0.000873.